The first-order valence-electron chi connectivity index (χ1n) is 7.65. The average molecular weight is 263 g/mol. The van der Waals surface area contributed by atoms with Crippen molar-refractivity contribution in [2.75, 3.05) is 19.7 Å². The molecule has 0 aromatic carbocycles. The summed E-state index contributed by atoms with van der Waals surface area (Å²) in [7, 11) is 0. The number of hydrogen-bond acceptors (Lipinski definition) is 3. The first-order valence-corrected chi connectivity index (χ1v) is 7.65. The maximum absolute atomic E-state index is 5.87. The molecule has 1 aromatic heterocycles. The number of aromatic nitrogens is 2. The van der Waals surface area contributed by atoms with Gasteiger partial charge in [-0.3, -0.25) is 0 Å². The van der Waals surface area contributed by atoms with Gasteiger partial charge >= 0.3 is 0 Å². The van der Waals surface area contributed by atoms with E-state index in [0.29, 0.717) is 5.41 Å². The molecular weight excluding hydrogens is 238 g/mol. The SMILES string of the molecule is CCC1(Cn2cncc2C2CNCCO2)CCCC1. The van der Waals surface area contributed by atoms with Gasteiger partial charge in [0.1, 0.15) is 6.10 Å². The van der Waals surface area contributed by atoms with Crippen LogP contribution in [0, 0.1) is 5.41 Å². The van der Waals surface area contributed by atoms with Crippen LogP contribution in [0.15, 0.2) is 12.5 Å². The summed E-state index contributed by atoms with van der Waals surface area (Å²) in [6, 6.07) is 0. The Morgan fingerprint density at radius 2 is 2.32 bits per heavy atom. The molecule has 0 amide bonds. The minimum atomic E-state index is 0.173. The fourth-order valence-electron chi connectivity index (χ4n) is 3.60. The van der Waals surface area contributed by atoms with E-state index in [1.165, 1.54) is 37.8 Å². The quantitative estimate of drug-likeness (QED) is 0.907. The van der Waals surface area contributed by atoms with Gasteiger partial charge in [-0.15, -0.1) is 0 Å². The van der Waals surface area contributed by atoms with E-state index in [4.69, 9.17) is 4.74 Å². The molecular formula is C15H25N3O. The third-order valence-corrected chi connectivity index (χ3v) is 4.92. The molecule has 4 heteroatoms. The Labute approximate surface area is 115 Å². The molecule has 1 N–H and O–H groups in total. The molecule has 19 heavy (non-hydrogen) atoms. The van der Waals surface area contributed by atoms with Crippen LogP contribution in [-0.4, -0.2) is 29.2 Å². The Kier molecular flexibility index (Phi) is 3.89. The van der Waals surface area contributed by atoms with Gasteiger partial charge in [0.05, 0.1) is 24.8 Å². The van der Waals surface area contributed by atoms with Crippen molar-refractivity contribution in [2.24, 2.45) is 5.41 Å². The molecule has 0 bridgehead atoms. The van der Waals surface area contributed by atoms with E-state index in [2.05, 4.69) is 21.8 Å². The summed E-state index contributed by atoms with van der Waals surface area (Å²) in [4.78, 5) is 4.36. The summed E-state index contributed by atoms with van der Waals surface area (Å²) in [6.45, 7) is 6.11. The standard InChI is InChI=1S/C15H25N3O/c1-2-15(5-3-4-6-15)11-18-12-17-9-13(18)14-10-16-7-8-19-14/h9,12,14,16H,2-8,10-11H2,1H3. The number of hydrogen-bond donors (Lipinski definition) is 1. The lowest BCUT2D eigenvalue weighted by molar-refractivity contribution is 0.0214. The second-order valence-electron chi connectivity index (χ2n) is 6.07. The van der Waals surface area contributed by atoms with Crippen molar-refractivity contribution in [1.29, 1.82) is 0 Å². The lowest BCUT2D eigenvalue weighted by atomic mass is 9.83. The Hall–Kier alpha value is -0.870. The number of nitrogens with one attached hydrogen (secondary N) is 1. The normalized spacial score (nSPS) is 26.7. The van der Waals surface area contributed by atoms with Gasteiger partial charge in [-0.2, -0.15) is 0 Å². The topological polar surface area (TPSA) is 39.1 Å². The summed E-state index contributed by atoms with van der Waals surface area (Å²) < 4.78 is 8.21. The van der Waals surface area contributed by atoms with Gasteiger partial charge in [-0.1, -0.05) is 19.8 Å². The molecule has 1 saturated heterocycles. The zero-order chi connectivity index (χ0) is 13.1. The van der Waals surface area contributed by atoms with Crippen molar-refractivity contribution >= 4 is 0 Å². The van der Waals surface area contributed by atoms with Crippen LogP contribution < -0.4 is 5.32 Å². The molecule has 3 rings (SSSR count). The van der Waals surface area contributed by atoms with E-state index >= 15 is 0 Å². The van der Waals surface area contributed by atoms with Gasteiger partial charge < -0.3 is 14.6 Å². The molecule has 4 nitrogen and oxygen atoms in total. The zero-order valence-electron chi connectivity index (χ0n) is 11.9. The van der Waals surface area contributed by atoms with Crippen LogP contribution in [-0.2, 0) is 11.3 Å². The van der Waals surface area contributed by atoms with E-state index in [1.807, 2.05) is 12.5 Å². The molecule has 1 aliphatic heterocycles. The smallest absolute Gasteiger partial charge is 0.111 e. The van der Waals surface area contributed by atoms with Gasteiger partial charge in [-0.25, -0.2) is 4.98 Å². The predicted molar refractivity (Wildman–Crippen MR) is 75.0 cm³/mol. The van der Waals surface area contributed by atoms with Gasteiger partial charge in [-0.05, 0) is 24.7 Å². The highest BCUT2D eigenvalue weighted by Crippen LogP contribution is 2.42. The van der Waals surface area contributed by atoms with Crippen LogP contribution >= 0.6 is 0 Å². The van der Waals surface area contributed by atoms with Crippen molar-refractivity contribution in [3.63, 3.8) is 0 Å². The molecule has 0 spiro atoms. The molecule has 1 unspecified atom stereocenters. The predicted octanol–water partition coefficient (Wildman–Crippen LogP) is 2.51. The van der Waals surface area contributed by atoms with Crippen LogP contribution in [0.5, 0.6) is 0 Å². The first-order chi connectivity index (χ1) is 9.33. The van der Waals surface area contributed by atoms with E-state index < -0.39 is 0 Å². The number of imidazole rings is 1. The monoisotopic (exact) mass is 263 g/mol. The third-order valence-electron chi connectivity index (χ3n) is 4.92. The molecule has 1 aromatic rings. The van der Waals surface area contributed by atoms with E-state index in [9.17, 15) is 0 Å². The third kappa shape index (κ3) is 2.70. The number of rotatable bonds is 4. The average Bonchev–Trinajstić information content (AvgIpc) is 3.10. The largest absolute Gasteiger partial charge is 0.369 e. The van der Waals surface area contributed by atoms with Crippen molar-refractivity contribution < 1.29 is 4.74 Å². The second-order valence-corrected chi connectivity index (χ2v) is 6.07. The Morgan fingerprint density at radius 1 is 1.47 bits per heavy atom. The molecule has 1 aliphatic carbocycles. The first kappa shape index (κ1) is 13.1. The number of ether oxygens (including phenoxy) is 1. The number of nitrogens with zero attached hydrogens (tertiary/aromatic N) is 2. The fourth-order valence-corrected chi connectivity index (χ4v) is 3.60. The molecule has 2 heterocycles. The Bertz CT molecular complexity index is 403. The van der Waals surface area contributed by atoms with E-state index in [-0.39, 0.29) is 6.10 Å². The van der Waals surface area contributed by atoms with Crippen molar-refractivity contribution in [3.05, 3.63) is 18.2 Å². The maximum atomic E-state index is 5.87. The Balaban J connectivity index is 1.75. The molecule has 1 atom stereocenters. The molecule has 2 fully saturated rings. The van der Waals surface area contributed by atoms with Crippen LogP contribution in [0.2, 0.25) is 0 Å². The molecule has 0 radical (unpaired) electrons. The van der Waals surface area contributed by atoms with Crippen LogP contribution in [0.1, 0.15) is 50.8 Å². The fraction of sp³-hybridized carbons (Fsp3) is 0.800. The lowest BCUT2D eigenvalue weighted by Gasteiger charge is -2.31. The molecule has 1 saturated carbocycles. The van der Waals surface area contributed by atoms with Crippen LogP contribution in [0.3, 0.4) is 0 Å². The van der Waals surface area contributed by atoms with Gasteiger partial charge in [0, 0.05) is 19.6 Å². The van der Waals surface area contributed by atoms with Gasteiger partial charge in [0.25, 0.3) is 0 Å². The molecule has 2 aliphatic rings. The van der Waals surface area contributed by atoms with Crippen LogP contribution in [0.4, 0.5) is 0 Å². The minimum Gasteiger partial charge on any atom is -0.369 e. The van der Waals surface area contributed by atoms with E-state index in [0.717, 1.165) is 26.2 Å². The highest BCUT2D eigenvalue weighted by molar-refractivity contribution is 5.06. The minimum absolute atomic E-state index is 0.173. The summed E-state index contributed by atoms with van der Waals surface area (Å²) in [6.07, 6.45) is 10.9. The lowest BCUT2D eigenvalue weighted by Crippen LogP contribution is -2.35. The van der Waals surface area contributed by atoms with Gasteiger partial charge in [0.15, 0.2) is 0 Å². The van der Waals surface area contributed by atoms with Gasteiger partial charge in [0.2, 0.25) is 0 Å². The summed E-state index contributed by atoms with van der Waals surface area (Å²) in [5.41, 5.74) is 1.74. The maximum Gasteiger partial charge on any atom is 0.111 e. The molecule has 106 valence electrons. The second kappa shape index (κ2) is 5.63. The van der Waals surface area contributed by atoms with E-state index in [1.54, 1.807) is 0 Å². The Morgan fingerprint density at radius 3 is 3.00 bits per heavy atom. The zero-order valence-corrected chi connectivity index (χ0v) is 11.9. The summed E-state index contributed by atoms with van der Waals surface area (Å²) >= 11 is 0. The highest BCUT2D eigenvalue weighted by Gasteiger charge is 2.33. The summed E-state index contributed by atoms with van der Waals surface area (Å²) in [5.74, 6) is 0. The van der Waals surface area contributed by atoms with Crippen LogP contribution in [0.25, 0.3) is 0 Å². The number of morpholine rings is 1. The highest BCUT2D eigenvalue weighted by atomic mass is 16.5. The summed E-state index contributed by atoms with van der Waals surface area (Å²) in [5, 5.41) is 3.40. The van der Waals surface area contributed by atoms with Crippen molar-refractivity contribution in [1.82, 2.24) is 14.9 Å². The van der Waals surface area contributed by atoms with Crippen molar-refractivity contribution in [3.8, 4) is 0 Å². The van der Waals surface area contributed by atoms with Crippen molar-refractivity contribution in [2.45, 2.75) is 51.7 Å².